The molecule has 0 unspecified atom stereocenters. The van der Waals surface area contributed by atoms with Gasteiger partial charge in [0.15, 0.2) is 0 Å². The van der Waals surface area contributed by atoms with Gasteiger partial charge in [-0.05, 0) is 24.1 Å². The zero-order chi connectivity index (χ0) is 18.7. The summed E-state index contributed by atoms with van der Waals surface area (Å²) in [7, 11) is 0. The molecule has 0 atom stereocenters. The molecule has 3 N–H and O–H groups in total. The summed E-state index contributed by atoms with van der Waals surface area (Å²) in [5.74, 6) is 0. The van der Waals surface area contributed by atoms with Crippen molar-refractivity contribution in [3.05, 3.63) is 35.4 Å². The number of hydrogen-bond donors (Lipinski definition) is 2. The van der Waals surface area contributed by atoms with Crippen molar-refractivity contribution < 1.29 is 0 Å². The average Bonchev–Trinajstić information content (AvgIpc) is 2.68. The van der Waals surface area contributed by atoms with Gasteiger partial charge < -0.3 is 11.1 Å². The fourth-order valence-electron chi connectivity index (χ4n) is 3.60. The molecule has 158 valence electrons. The highest BCUT2D eigenvalue weighted by Crippen LogP contribution is 2.13. The Bertz CT molecular complexity index is 423. The Morgan fingerprint density at radius 2 is 1.11 bits per heavy atom. The summed E-state index contributed by atoms with van der Waals surface area (Å²) in [6.07, 6.45) is 19.9. The lowest BCUT2D eigenvalue weighted by molar-refractivity contribution is 0.529. The van der Waals surface area contributed by atoms with E-state index in [2.05, 4.69) is 36.5 Å². The quantitative estimate of drug-likeness (QED) is 0.259. The molecule has 27 heavy (non-hydrogen) atoms. The second kappa shape index (κ2) is 20.2. The highest BCUT2D eigenvalue weighted by Gasteiger charge is 1.99. The van der Waals surface area contributed by atoms with Crippen molar-refractivity contribution in [3.63, 3.8) is 0 Å². The molecule has 0 aliphatic heterocycles. The van der Waals surface area contributed by atoms with Gasteiger partial charge in [-0.3, -0.25) is 0 Å². The molecule has 0 amide bonds. The van der Waals surface area contributed by atoms with Crippen LogP contribution in [0, 0.1) is 0 Å². The molecule has 2 nitrogen and oxygen atoms in total. The van der Waals surface area contributed by atoms with Crippen LogP contribution >= 0.6 is 12.4 Å². The van der Waals surface area contributed by atoms with E-state index in [9.17, 15) is 0 Å². The fraction of sp³-hybridized carbons (Fsp3) is 0.750. The third-order valence-corrected chi connectivity index (χ3v) is 5.36. The van der Waals surface area contributed by atoms with Crippen LogP contribution in [-0.4, -0.2) is 6.54 Å². The smallest absolute Gasteiger partial charge is 0.0208 e. The largest absolute Gasteiger partial charge is 0.326 e. The Kier molecular flexibility index (Phi) is 19.7. The Hall–Kier alpha value is -0.570. The lowest BCUT2D eigenvalue weighted by Gasteiger charge is -2.09. The molecule has 0 radical (unpaired) electrons. The topological polar surface area (TPSA) is 38.0 Å². The predicted octanol–water partition coefficient (Wildman–Crippen LogP) is 7.14. The van der Waals surface area contributed by atoms with Crippen LogP contribution in [0.15, 0.2) is 24.3 Å². The van der Waals surface area contributed by atoms with E-state index in [1.807, 2.05) is 0 Å². The average molecular weight is 397 g/mol. The van der Waals surface area contributed by atoms with Crippen molar-refractivity contribution in [2.75, 3.05) is 6.54 Å². The van der Waals surface area contributed by atoms with Gasteiger partial charge in [0.05, 0.1) is 0 Å². The van der Waals surface area contributed by atoms with E-state index in [0.29, 0.717) is 6.54 Å². The van der Waals surface area contributed by atoms with Gasteiger partial charge in [0.25, 0.3) is 0 Å². The first-order valence-corrected chi connectivity index (χ1v) is 11.4. The van der Waals surface area contributed by atoms with Crippen molar-refractivity contribution in [3.8, 4) is 0 Å². The molecule has 1 rings (SSSR count). The van der Waals surface area contributed by atoms with Gasteiger partial charge in [-0.15, -0.1) is 12.4 Å². The molecule has 0 saturated carbocycles. The summed E-state index contributed by atoms with van der Waals surface area (Å²) < 4.78 is 0. The molecule has 0 saturated heterocycles. The van der Waals surface area contributed by atoms with E-state index in [1.165, 1.54) is 101 Å². The molecule has 0 aliphatic rings. The Morgan fingerprint density at radius 3 is 1.59 bits per heavy atom. The number of unbranched alkanes of at least 4 members (excludes halogenated alkanes) is 13. The van der Waals surface area contributed by atoms with Crippen LogP contribution in [0.4, 0.5) is 0 Å². The third kappa shape index (κ3) is 15.1. The first-order valence-electron chi connectivity index (χ1n) is 11.4. The van der Waals surface area contributed by atoms with E-state index in [4.69, 9.17) is 5.73 Å². The molecule has 1 aromatic rings. The second-order valence-corrected chi connectivity index (χ2v) is 7.75. The first kappa shape index (κ1) is 26.4. The SMILES string of the molecule is CCCCCCCCCCCCCCCCNCc1ccccc1CN.Cl. The number of nitrogens with two attached hydrogens (primary N) is 1. The number of hydrogen-bond acceptors (Lipinski definition) is 2. The Balaban J connectivity index is 0.00000676. The zero-order valence-electron chi connectivity index (χ0n) is 17.8. The summed E-state index contributed by atoms with van der Waals surface area (Å²) >= 11 is 0. The second-order valence-electron chi connectivity index (χ2n) is 7.75. The van der Waals surface area contributed by atoms with Gasteiger partial charge in [0.2, 0.25) is 0 Å². The van der Waals surface area contributed by atoms with E-state index in [1.54, 1.807) is 0 Å². The van der Waals surface area contributed by atoms with Crippen LogP contribution in [0.5, 0.6) is 0 Å². The Labute approximate surface area is 175 Å². The lowest BCUT2D eigenvalue weighted by atomic mass is 10.0. The van der Waals surface area contributed by atoms with Gasteiger partial charge in [-0.2, -0.15) is 0 Å². The van der Waals surface area contributed by atoms with Gasteiger partial charge in [0, 0.05) is 13.1 Å². The normalized spacial score (nSPS) is 10.7. The zero-order valence-corrected chi connectivity index (χ0v) is 18.6. The summed E-state index contributed by atoms with van der Waals surface area (Å²) in [5, 5.41) is 3.56. The third-order valence-electron chi connectivity index (χ3n) is 5.36. The van der Waals surface area contributed by atoms with E-state index in [-0.39, 0.29) is 12.4 Å². The van der Waals surface area contributed by atoms with Gasteiger partial charge in [-0.1, -0.05) is 115 Å². The summed E-state index contributed by atoms with van der Waals surface area (Å²) in [6, 6.07) is 8.48. The van der Waals surface area contributed by atoms with Crippen LogP contribution < -0.4 is 11.1 Å². The van der Waals surface area contributed by atoms with Crippen molar-refractivity contribution in [1.82, 2.24) is 5.32 Å². The maximum atomic E-state index is 5.78. The minimum atomic E-state index is 0. The lowest BCUT2D eigenvalue weighted by Crippen LogP contribution is -2.16. The van der Waals surface area contributed by atoms with Crippen LogP contribution in [0.1, 0.15) is 108 Å². The van der Waals surface area contributed by atoms with Gasteiger partial charge in [-0.25, -0.2) is 0 Å². The number of nitrogens with one attached hydrogen (secondary N) is 1. The first-order chi connectivity index (χ1) is 12.9. The van der Waals surface area contributed by atoms with Crippen LogP contribution in [0.3, 0.4) is 0 Å². The highest BCUT2D eigenvalue weighted by molar-refractivity contribution is 5.85. The number of rotatable bonds is 18. The maximum absolute atomic E-state index is 5.78. The van der Waals surface area contributed by atoms with Gasteiger partial charge in [0.1, 0.15) is 0 Å². The van der Waals surface area contributed by atoms with E-state index in [0.717, 1.165) is 13.1 Å². The van der Waals surface area contributed by atoms with E-state index >= 15 is 0 Å². The van der Waals surface area contributed by atoms with Crippen molar-refractivity contribution in [2.45, 2.75) is 110 Å². The minimum Gasteiger partial charge on any atom is -0.326 e. The summed E-state index contributed by atoms with van der Waals surface area (Å²) in [5.41, 5.74) is 8.40. The van der Waals surface area contributed by atoms with E-state index < -0.39 is 0 Å². The molecule has 0 spiro atoms. The number of halogens is 1. The van der Waals surface area contributed by atoms with Crippen molar-refractivity contribution >= 4 is 12.4 Å². The van der Waals surface area contributed by atoms with Crippen molar-refractivity contribution in [1.29, 1.82) is 0 Å². The molecule has 0 bridgehead atoms. The van der Waals surface area contributed by atoms with Crippen LogP contribution in [0.25, 0.3) is 0 Å². The molecule has 3 heteroatoms. The Morgan fingerprint density at radius 1 is 0.667 bits per heavy atom. The predicted molar refractivity (Wildman–Crippen MR) is 124 cm³/mol. The monoisotopic (exact) mass is 396 g/mol. The highest BCUT2D eigenvalue weighted by atomic mass is 35.5. The molecule has 0 aromatic heterocycles. The van der Waals surface area contributed by atoms with Crippen LogP contribution in [-0.2, 0) is 13.1 Å². The molecule has 0 fully saturated rings. The fourth-order valence-corrected chi connectivity index (χ4v) is 3.60. The maximum Gasteiger partial charge on any atom is 0.0208 e. The minimum absolute atomic E-state index is 0. The molecule has 0 heterocycles. The molecule has 0 aliphatic carbocycles. The van der Waals surface area contributed by atoms with Crippen molar-refractivity contribution in [2.24, 2.45) is 5.73 Å². The van der Waals surface area contributed by atoms with Gasteiger partial charge >= 0.3 is 0 Å². The number of benzene rings is 1. The molecular formula is C24H45ClN2. The van der Waals surface area contributed by atoms with Crippen LogP contribution in [0.2, 0.25) is 0 Å². The summed E-state index contributed by atoms with van der Waals surface area (Å²) in [6.45, 7) is 5.00. The molecule has 1 aromatic carbocycles. The molecular weight excluding hydrogens is 352 g/mol. The summed E-state index contributed by atoms with van der Waals surface area (Å²) in [4.78, 5) is 0. The standard InChI is InChI=1S/C24H44N2.ClH/c1-2-3-4-5-6-7-8-9-10-11-12-13-14-17-20-26-22-24-19-16-15-18-23(24)21-25;/h15-16,18-19,26H,2-14,17,20-22,25H2,1H3;1H.